The van der Waals surface area contributed by atoms with Gasteiger partial charge in [0, 0.05) is 19.2 Å². The second kappa shape index (κ2) is 10.7. The maximum atomic E-state index is 12.9. The molecule has 0 saturated carbocycles. The van der Waals surface area contributed by atoms with Crippen LogP contribution in [0, 0.1) is 0 Å². The number of carbonyl (C=O) groups is 2. The highest BCUT2D eigenvalue weighted by Gasteiger charge is 2.27. The molecule has 4 rings (SSSR count). The van der Waals surface area contributed by atoms with Crippen molar-refractivity contribution in [3.8, 4) is 11.5 Å². The summed E-state index contributed by atoms with van der Waals surface area (Å²) in [6.07, 6.45) is 4.18. The molecular weight excluding hydrogens is 496 g/mol. The number of nitrogens with zero attached hydrogens (tertiary/aromatic N) is 1. The van der Waals surface area contributed by atoms with Crippen LogP contribution in [-0.2, 0) is 24.3 Å². The van der Waals surface area contributed by atoms with E-state index in [0.29, 0.717) is 30.2 Å². The van der Waals surface area contributed by atoms with Crippen molar-refractivity contribution >= 4 is 45.3 Å². The number of esters is 1. The zero-order chi connectivity index (χ0) is 25.0. The van der Waals surface area contributed by atoms with Crippen molar-refractivity contribution in [2.75, 3.05) is 25.2 Å². The zero-order valence-electron chi connectivity index (χ0n) is 19.0. The van der Waals surface area contributed by atoms with Gasteiger partial charge in [-0.2, -0.15) is 4.31 Å². The molecule has 1 saturated heterocycles. The molecule has 2 aliphatic heterocycles. The number of piperidine rings is 1. The fraction of sp³-hybridized carbons (Fsp3) is 0.333. The highest BCUT2D eigenvalue weighted by Crippen LogP contribution is 2.33. The standard InChI is InChI=1S/C24H25ClN2O7S/c1-16(34-23(28)10-6-17-5-9-21-22(13-17)33-15-32-21)24(29)26-20-14-18(7-8-19(20)25)35(30,31)27-11-3-2-4-12-27/h5-10,13-14,16H,2-4,11-12,15H2,1H3,(H,26,29). The van der Waals surface area contributed by atoms with Gasteiger partial charge in [-0.1, -0.05) is 24.1 Å². The fourth-order valence-electron chi connectivity index (χ4n) is 3.70. The van der Waals surface area contributed by atoms with Crippen LogP contribution in [0.25, 0.3) is 6.08 Å². The summed E-state index contributed by atoms with van der Waals surface area (Å²) in [5.74, 6) is -0.168. The van der Waals surface area contributed by atoms with Gasteiger partial charge in [-0.25, -0.2) is 13.2 Å². The van der Waals surface area contributed by atoms with Crippen molar-refractivity contribution < 1.29 is 32.2 Å². The normalized spacial score (nSPS) is 16.7. The Balaban J connectivity index is 1.38. The minimum atomic E-state index is -3.70. The number of anilines is 1. The molecule has 0 bridgehead atoms. The van der Waals surface area contributed by atoms with Crippen molar-refractivity contribution in [1.82, 2.24) is 4.31 Å². The van der Waals surface area contributed by atoms with E-state index in [-0.39, 0.29) is 22.4 Å². The molecule has 11 heteroatoms. The number of benzene rings is 2. The Morgan fingerprint density at radius 2 is 1.83 bits per heavy atom. The van der Waals surface area contributed by atoms with E-state index in [1.807, 2.05) is 0 Å². The molecule has 9 nitrogen and oxygen atoms in total. The summed E-state index contributed by atoms with van der Waals surface area (Å²) in [6, 6.07) is 9.34. The summed E-state index contributed by atoms with van der Waals surface area (Å²) in [5.41, 5.74) is 0.815. The van der Waals surface area contributed by atoms with Gasteiger partial charge in [0.25, 0.3) is 5.91 Å². The molecule has 0 spiro atoms. The number of carbonyl (C=O) groups excluding carboxylic acids is 2. The van der Waals surface area contributed by atoms with Gasteiger partial charge in [0.15, 0.2) is 17.6 Å². The van der Waals surface area contributed by atoms with E-state index in [1.165, 1.54) is 41.6 Å². The van der Waals surface area contributed by atoms with Crippen molar-refractivity contribution in [3.63, 3.8) is 0 Å². The van der Waals surface area contributed by atoms with Gasteiger partial charge in [0.2, 0.25) is 16.8 Å². The minimum absolute atomic E-state index is 0.0374. The first-order chi connectivity index (χ1) is 16.7. The van der Waals surface area contributed by atoms with Crippen LogP contribution in [-0.4, -0.2) is 50.6 Å². The quantitative estimate of drug-likeness (QED) is 0.436. The van der Waals surface area contributed by atoms with E-state index in [9.17, 15) is 18.0 Å². The molecule has 2 aromatic rings. The Hall–Kier alpha value is -3.08. The number of rotatable bonds is 7. The van der Waals surface area contributed by atoms with E-state index in [2.05, 4.69) is 5.32 Å². The second-order valence-electron chi connectivity index (χ2n) is 8.12. The van der Waals surface area contributed by atoms with Crippen molar-refractivity contribution in [2.24, 2.45) is 0 Å². The van der Waals surface area contributed by atoms with Gasteiger partial charge in [-0.05, 0) is 61.7 Å². The van der Waals surface area contributed by atoms with E-state index >= 15 is 0 Å². The Labute approximate surface area is 208 Å². The molecule has 0 aromatic heterocycles. The van der Waals surface area contributed by atoms with Crippen LogP contribution >= 0.6 is 11.6 Å². The van der Waals surface area contributed by atoms with Crippen LogP contribution in [0.3, 0.4) is 0 Å². The van der Waals surface area contributed by atoms with Crippen LogP contribution in [0.2, 0.25) is 5.02 Å². The molecule has 2 aromatic carbocycles. The Kier molecular flexibility index (Phi) is 7.63. The Morgan fingerprint density at radius 1 is 1.09 bits per heavy atom. The number of halogens is 1. The molecule has 2 heterocycles. The van der Waals surface area contributed by atoms with Crippen LogP contribution in [0.15, 0.2) is 47.4 Å². The summed E-state index contributed by atoms with van der Waals surface area (Å²) in [5, 5.41) is 2.71. The highest BCUT2D eigenvalue weighted by atomic mass is 35.5. The molecule has 186 valence electrons. The van der Waals surface area contributed by atoms with Crippen molar-refractivity contribution in [1.29, 1.82) is 0 Å². The highest BCUT2D eigenvalue weighted by molar-refractivity contribution is 7.89. The van der Waals surface area contributed by atoms with E-state index in [4.69, 9.17) is 25.8 Å². The average molecular weight is 521 g/mol. The Bertz CT molecular complexity index is 1260. The number of nitrogens with one attached hydrogen (secondary N) is 1. The average Bonchev–Trinajstić information content (AvgIpc) is 3.32. The second-order valence-corrected chi connectivity index (χ2v) is 10.5. The van der Waals surface area contributed by atoms with E-state index in [1.54, 1.807) is 18.2 Å². The Morgan fingerprint density at radius 3 is 2.60 bits per heavy atom. The van der Waals surface area contributed by atoms with Gasteiger partial charge < -0.3 is 19.5 Å². The molecule has 0 radical (unpaired) electrons. The van der Waals surface area contributed by atoms with Crippen LogP contribution in [0.4, 0.5) is 5.69 Å². The first-order valence-corrected chi connectivity index (χ1v) is 12.9. The van der Waals surface area contributed by atoms with Crippen molar-refractivity contribution in [3.05, 3.63) is 53.1 Å². The number of hydrogen-bond donors (Lipinski definition) is 1. The monoisotopic (exact) mass is 520 g/mol. The maximum absolute atomic E-state index is 12.9. The van der Waals surface area contributed by atoms with E-state index in [0.717, 1.165) is 19.3 Å². The molecule has 1 fully saturated rings. The van der Waals surface area contributed by atoms with Gasteiger partial charge in [-0.15, -0.1) is 0 Å². The van der Waals surface area contributed by atoms with Crippen LogP contribution < -0.4 is 14.8 Å². The third-order valence-corrected chi connectivity index (χ3v) is 7.84. The topological polar surface area (TPSA) is 111 Å². The lowest BCUT2D eigenvalue weighted by atomic mass is 10.2. The van der Waals surface area contributed by atoms with Gasteiger partial charge in [0.05, 0.1) is 15.6 Å². The summed E-state index contributed by atoms with van der Waals surface area (Å²) in [6.45, 7) is 2.47. The van der Waals surface area contributed by atoms with Crippen LogP contribution in [0.1, 0.15) is 31.7 Å². The largest absolute Gasteiger partial charge is 0.454 e. The lowest BCUT2D eigenvalue weighted by Crippen LogP contribution is -2.35. The minimum Gasteiger partial charge on any atom is -0.454 e. The first kappa shape index (κ1) is 25.0. The zero-order valence-corrected chi connectivity index (χ0v) is 20.6. The predicted octanol–water partition coefficient (Wildman–Crippen LogP) is 3.83. The third kappa shape index (κ3) is 5.95. The maximum Gasteiger partial charge on any atom is 0.331 e. The fourth-order valence-corrected chi connectivity index (χ4v) is 5.41. The lowest BCUT2D eigenvalue weighted by molar-refractivity contribution is -0.148. The molecule has 1 amide bonds. The summed E-state index contributed by atoms with van der Waals surface area (Å²) in [4.78, 5) is 24.8. The molecule has 35 heavy (non-hydrogen) atoms. The van der Waals surface area contributed by atoms with Gasteiger partial charge >= 0.3 is 5.97 Å². The van der Waals surface area contributed by atoms with Crippen LogP contribution in [0.5, 0.6) is 11.5 Å². The number of sulfonamides is 1. The predicted molar refractivity (Wildman–Crippen MR) is 130 cm³/mol. The number of hydrogen-bond acceptors (Lipinski definition) is 7. The van der Waals surface area contributed by atoms with E-state index < -0.39 is 28.0 Å². The summed E-state index contributed by atoms with van der Waals surface area (Å²) >= 11 is 6.18. The smallest absolute Gasteiger partial charge is 0.331 e. The molecule has 0 aliphatic carbocycles. The van der Waals surface area contributed by atoms with Crippen molar-refractivity contribution in [2.45, 2.75) is 37.2 Å². The molecule has 1 N–H and O–H groups in total. The number of fused-ring (bicyclic) bond motifs is 1. The summed E-state index contributed by atoms with van der Waals surface area (Å²) < 4.78 is 43.0. The number of amides is 1. The van der Waals surface area contributed by atoms with Gasteiger partial charge in [0.1, 0.15) is 0 Å². The number of ether oxygens (including phenoxy) is 3. The lowest BCUT2D eigenvalue weighted by Gasteiger charge is -2.26. The SMILES string of the molecule is CC(OC(=O)C=Cc1ccc2c(c1)OCO2)C(=O)Nc1cc(S(=O)(=O)N2CCCCC2)ccc1Cl. The molecule has 1 atom stereocenters. The molecular formula is C24H25ClN2O7S. The first-order valence-electron chi connectivity index (χ1n) is 11.1. The molecule has 1 unspecified atom stereocenters. The summed E-state index contributed by atoms with van der Waals surface area (Å²) in [7, 11) is -3.70. The van der Waals surface area contributed by atoms with Gasteiger partial charge in [-0.3, -0.25) is 4.79 Å². The molecule has 2 aliphatic rings. The third-order valence-electron chi connectivity index (χ3n) is 5.62.